The van der Waals surface area contributed by atoms with Crippen molar-refractivity contribution in [2.75, 3.05) is 31.2 Å². The van der Waals surface area contributed by atoms with Crippen molar-refractivity contribution in [1.29, 1.82) is 0 Å². The number of anilines is 1. The van der Waals surface area contributed by atoms with Crippen LogP contribution in [0.1, 0.15) is 84.9 Å². The van der Waals surface area contributed by atoms with Gasteiger partial charge < -0.3 is 15.0 Å². The maximum atomic E-state index is 13.0. The second-order valence-corrected chi connectivity index (χ2v) is 9.11. The number of nitrogens with one attached hydrogen (secondary N) is 2. The van der Waals surface area contributed by atoms with E-state index in [0.717, 1.165) is 75.7 Å². The van der Waals surface area contributed by atoms with Gasteiger partial charge >= 0.3 is 0 Å². The van der Waals surface area contributed by atoms with Crippen molar-refractivity contribution in [2.45, 2.75) is 69.2 Å². The molecular weight excluding hydrogens is 392 g/mol. The normalized spacial score (nSPS) is 23.2. The molecule has 8 nitrogen and oxygen atoms in total. The van der Waals surface area contributed by atoms with Gasteiger partial charge in [-0.3, -0.25) is 9.89 Å². The molecule has 4 heterocycles. The predicted molar refractivity (Wildman–Crippen MR) is 117 cm³/mol. The molecule has 2 aromatic heterocycles. The second kappa shape index (κ2) is 9.34. The Kier molecular flexibility index (Phi) is 6.15. The Morgan fingerprint density at radius 2 is 1.94 bits per heavy atom. The average Bonchev–Trinajstić information content (AvgIpc) is 3.50. The molecule has 0 spiro atoms. The summed E-state index contributed by atoms with van der Waals surface area (Å²) in [6.07, 6.45) is 12.5. The highest BCUT2D eigenvalue weighted by molar-refractivity contribution is 5.95. The number of rotatable bonds is 5. The molecule has 1 atom stereocenters. The molecule has 3 fully saturated rings. The van der Waals surface area contributed by atoms with Gasteiger partial charge in [-0.15, -0.1) is 0 Å². The molecule has 31 heavy (non-hydrogen) atoms. The molecule has 2 saturated heterocycles. The zero-order chi connectivity index (χ0) is 21.0. The summed E-state index contributed by atoms with van der Waals surface area (Å²) < 4.78 is 5.48. The lowest BCUT2D eigenvalue weighted by Crippen LogP contribution is -2.37. The highest BCUT2D eigenvalue weighted by Gasteiger charge is 2.29. The van der Waals surface area contributed by atoms with Crippen LogP contribution in [0.3, 0.4) is 0 Å². The van der Waals surface area contributed by atoms with Crippen LogP contribution < -0.4 is 10.2 Å². The Bertz CT molecular complexity index is 888. The van der Waals surface area contributed by atoms with Gasteiger partial charge in [-0.2, -0.15) is 5.10 Å². The zero-order valence-corrected chi connectivity index (χ0v) is 18.1. The minimum atomic E-state index is -0.0157. The van der Waals surface area contributed by atoms with Gasteiger partial charge in [0.2, 0.25) is 5.95 Å². The fourth-order valence-electron chi connectivity index (χ4n) is 5.24. The van der Waals surface area contributed by atoms with E-state index in [2.05, 4.69) is 25.4 Å². The van der Waals surface area contributed by atoms with Crippen LogP contribution in [0.15, 0.2) is 18.5 Å². The molecule has 1 saturated carbocycles. The summed E-state index contributed by atoms with van der Waals surface area (Å²) in [7, 11) is 0. The van der Waals surface area contributed by atoms with Gasteiger partial charge in [0.1, 0.15) is 0 Å². The fraction of sp³-hybridized carbons (Fsp3) is 0.652. The van der Waals surface area contributed by atoms with Crippen LogP contribution in [0.25, 0.3) is 0 Å². The van der Waals surface area contributed by atoms with E-state index in [0.29, 0.717) is 17.4 Å². The maximum absolute atomic E-state index is 13.0. The first kappa shape index (κ1) is 20.4. The van der Waals surface area contributed by atoms with Crippen LogP contribution in [0, 0.1) is 0 Å². The SMILES string of the molecule is O=C(NC1CCN(c2nccc(C3CCOCC3)n2)C1)c1cn[nH]c1C1CCCCC1. The van der Waals surface area contributed by atoms with Crippen molar-refractivity contribution in [3.8, 4) is 0 Å². The average molecular weight is 425 g/mol. The maximum Gasteiger partial charge on any atom is 0.255 e. The molecule has 2 N–H and O–H groups in total. The Hall–Kier alpha value is -2.48. The van der Waals surface area contributed by atoms with Crippen LogP contribution in [0.4, 0.5) is 5.95 Å². The molecule has 8 heteroatoms. The van der Waals surface area contributed by atoms with E-state index in [1.165, 1.54) is 19.3 Å². The minimum Gasteiger partial charge on any atom is -0.381 e. The van der Waals surface area contributed by atoms with Crippen LogP contribution in [-0.2, 0) is 4.74 Å². The molecule has 2 aromatic rings. The number of aromatic amines is 1. The number of carbonyl (C=O) groups excluding carboxylic acids is 1. The minimum absolute atomic E-state index is 0.0157. The van der Waals surface area contributed by atoms with Gasteiger partial charge in [-0.1, -0.05) is 19.3 Å². The first-order valence-corrected chi connectivity index (χ1v) is 11.8. The molecule has 0 bridgehead atoms. The van der Waals surface area contributed by atoms with Crippen molar-refractivity contribution >= 4 is 11.9 Å². The Labute approximate surface area is 183 Å². The number of aromatic nitrogens is 4. The van der Waals surface area contributed by atoms with E-state index in [4.69, 9.17) is 9.72 Å². The first-order valence-electron chi connectivity index (χ1n) is 11.8. The molecule has 0 radical (unpaired) electrons. The lowest BCUT2D eigenvalue weighted by atomic mass is 9.85. The highest BCUT2D eigenvalue weighted by Crippen LogP contribution is 2.33. The summed E-state index contributed by atoms with van der Waals surface area (Å²) in [5.74, 6) is 1.64. The first-order chi connectivity index (χ1) is 15.3. The standard InChI is InChI=1S/C23H32N6O2/c30-22(19-14-25-28-21(19)17-4-2-1-3-5-17)26-18-7-11-29(15-18)23-24-10-6-20(27-23)16-8-12-31-13-9-16/h6,10,14,16-18H,1-5,7-9,11-13,15H2,(H,25,28)(H,26,30). The van der Waals surface area contributed by atoms with Gasteiger partial charge in [0.05, 0.1) is 17.5 Å². The number of amides is 1. The number of H-pyrrole nitrogens is 1. The Morgan fingerprint density at radius 1 is 1.10 bits per heavy atom. The van der Waals surface area contributed by atoms with Crippen LogP contribution in [0.5, 0.6) is 0 Å². The van der Waals surface area contributed by atoms with Crippen LogP contribution in [-0.4, -0.2) is 58.4 Å². The van der Waals surface area contributed by atoms with Crippen LogP contribution in [0.2, 0.25) is 0 Å². The van der Waals surface area contributed by atoms with Gasteiger partial charge in [-0.25, -0.2) is 9.97 Å². The summed E-state index contributed by atoms with van der Waals surface area (Å²) in [6.45, 7) is 3.19. The fourth-order valence-corrected chi connectivity index (χ4v) is 5.24. The van der Waals surface area contributed by atoms with Crippen LogP contribution >= 0.6 is 0 Å². The molecule has 0 aromatic carbocycles. The lowest BCUT2D eigenvalue weighted by molar-refractivity contribution is 0.0845. The van der Waals surface area contributed by atoms with Gasteiger partial charge in [0.15, 0.2) is 0 Å². The Morgan fingerprint density at radius 3 is 2.77 bits per heavy atom. The third kappa shape index (κ3) is 4.59. The molecule has 1 aliphatic carbocycles. The number of ether oxygens (including phenoxy) is 1. The molecule has 166 valence electrons. The largest absolute Gasteiger partial charge is 0.381 e. The molecule has 5 rings (SSSR count). The van der Waals surface area contributed by atoms with Crippen molar-refractivity contribution in [1.82, 2.24) is 25.5 Å². The molecular formula is C23H32N6O2. The summed E-state index contributed by atoms with van der Waals surface area (Å²) in [6, 6.07) is 2.12. The molecule has 3 aliphatic rings. The highest BCUT2D eigenvalue weighted by atomic mass is 16.5. The topological polar surface area (TPSA) is 96.0 Å². The van der Waals surface area contributed by atoms with E-state index in [9.17, 15) is 4.79 Å². The van der Waals surface area contributed by atoms with Crippen molar-refractivity contribution < 1.29 is 9.53 Å². The smallest absolute Gasteiger partial charge is 0.255 e. The number of nitrogens with zero attached hydrogens (tertiary/aromatic N) is 4. The zero-order valence-electron chi connectivity index (χ0n) is 18.1. The van der Waals surface area contributed by atoms with E-state index in [1.807, 2.05) is 12.3 Å². The van der Waals surface area contributed by atoms with E-state index < -0.39 is 0 Å². The summed E-state index contributed by atoms with van der Waals surface area (Å²) in [4.78, 5) is 24.5. The summed E-state index contributed by atoms with van der Waals surface area (Å²) >= 11 is 0. The third-order valence-electron chi connectivity index (χ3n) is 7.04. The lowest BCUT2D eigenvalue weighted by Gasteiger charge is -2.23. The van der Waals surface area contributed by atoms with Crippen molar-refractivity contribution in [3.05, 3.63) is 35.4 Å². The second-order valence-electron chi connectivity index (χ2n) is 9.11. The number of carbonyl (C=O) groups is 1. The predicted octanol–water partition coefficient (Wildman–Crippen LogP) is 3.15. The quantitative estimate of drug-likeness (QED) is 0.765. The molecule has 1 amide bonds. The van der Waals surface area contributed by atoms with Gasteiger partial charge in [0, 0.05) is 56.1 Å². The number of hydrogen-bond acceptors (Lipinski definition) is 6. The third-order valence-corrected chi connectivity index (χ3v) is 7.04. The van der Waals surface area contributed by atoms with Gasteiger partial charge in [-0.05, 0) is 38.2 Å². The van der Waals surface area contributed by atoms with Crippen molar-refractivity contribution in [3.63, 3.8) is 0 Å². The molecule has 1 unspecified atom stereocenters. The Balaban J connectivity index is 1.21. The van der Waals surface area contributed by atoms with E-state index in [-0.39, 0.29) is 11.9 Å². The molecule has 2 aliphatic heterocycles. The van der Waals surface area contributed by atoms with Crippen molar-refractivity contribution in [2.24, 2.45) is 0 Å². The monoisotopic (exact) mass is 424 g/mol. The van der Waals surface area contributed by atoms with E-state index in [1.54, 1.807) is 6.20 Å². The number of hydrogen-bond donors (Lipinski definition) is 2. The summed E-state index contributed by atoms with van der Waals surface area (Å²) in [5.41, 5.74) is 2.83. The van der Waals surface area contributed by atoms with Gasteiger partial charge in [0.25, 0.3) is 5.91 Å². The summed E-state index contributed by atoms with van der Waals surface area (Å²) in [5, 5.41) is 10.5. The van der Waals surface area contributed by atoms with E-state index >= 15 is 0 Å².